The summed E-state index contributed by atoms with van der Waals surface area (Å²) in [6.45, 7) is 0. The van der Waals surface area contributed by atoms with Gasteiger partial charge in [-0.25, -0.2) is 8.42 Å². The predicted octanol–water partition coefficient (Wildman–Crippen LogP) is 4.25. The van der Waals surface area contributed by atoms with Crippen molar-refractivity contribution in [3.8, 4) is 0 Å². The van der Waals surface area contributed by atoms with Gasteiger partial charge in [-0.3, -0.25) is 4.79 Å². The second-order valence-electron chi connectivity index (χ2n) is 6.43. The Labute approximate surface area is 159 Å². The molecular weight excluding hydrogens is 358 g/mol. The average Bonchev–Trinajstić information content (AvgIpc) is 2.67. The van der Waals surface area contributed by atoms with Crippen molar-refractivity contribution in [3.05, 3.63) is 96.1 Å². The molecule has 3 rings (SSSR count). The normalized spacial score (nSPS) is 11.3. The third-order valence-electron chi connectivity index (χ3n) is 4.34. The second-order valence-corrected chi connectivity index (χ2v) is 8.44. The first kappa shape index (κ1) is 18.9. The van der Waals surface area contributed by atoms with Gasteiger partial charge >= 0.3 is 0 Å². The van der Waals surface area contributed by atoms with Crippen LogP contribution in [-0.4, -0.2) is 20.6 Å². The fourth-order valence-electron chi connectivity index (χ4n) is 3.00. The molecule has 138 valence electrons. The number of nitrogens with one attached hydrogen (secondary N) is 1. The number of sulfone groups is 1. The lowest BCUT2D eigenvalue weighted by molar-refractivity contribution is -0.116. The maximum absolute atomic E-state index is 12.7. The number of hydrogen-bond acceptors (Lipinski definition) is 3. The molecule has 0 aliphatic rings. The lowest BCUT2D eigenvalue weighted by Crippen LogP contribution is -2.16. The number of anilines is 1. The maximum atomic E-state index is 12.7. The summed E-state index contributed by atoms with van der Waals surface area (Å²) in [7, 11) is -3.32. The van der Waals surface area contributed by atoms with E-state index in [1.54, 1.807) is 12.1 Å². The molecule has 27 heavy (non-hydrogen) atoms. The summed E-state index contributed by atoms with van der Waals surface area (Å²) < 4.78 is 23.4. The van der Waals surface area contributed by atoms with Crippen LogP contribution in [0.1, 0.15) is 23.5 Å². The number of rotatable bonds is 6. The van der Waals surface area contributed by atoms with E-state index in [4.69, 9.17) is 0 Å². The Morgan fingerprint density at radius 1 is 0.852 bits per heavy atom. The molecule has 5 heteroatoms. The molecule has 0 heterocycles. The van der Waals surface area contributed by atoms with Crippen LogP contribution in [0.4, 0.5) is 5.69 Å². The fraction of sp³-hybridized carbons (Fsp3) is 0.136. The molecule has 0 saturated carbocycles. The van der Waals surface area contributed by atoms with Crippen LogP contribution in [0.25, 0.3) is 0 Å². The topological polar surface area (TPSA) is 63.2 Å². The third kappa shape index (κ3) is 5.05. The molecule has 0 unspecified atom stereocenters. The van der Waals surface area contributed by atoms with Crippen LogP contribution in [0.15, 0.2) is 89.8 Å². The Bertz CT molecular complexity index is 976. The zero-order valence-electron chi connectivity index (χ0n) is 15.0. The van der Waals surface area contributed by atoms with E-state index >= 15 is 0 Å². The molecule has 0 bridgehead atoms. The summed E-state index contributed by atoms with van der Waals surface area (Å²) in [6.07, 6.45) is 1.41. The van der Waals surface area contributed by atoms with Crippen LogP contribution in [0.5, 0.6) is 0 Å². The van der Waals surface area contributed by atoms with Gasteiger partial charge in [0.15, 0.2) is 9.84 Å². The Kier molecular flexibility index (Phi) is 5.72. The van der Waals surface area contributed by atoms with Gasteiger partial charge in [0.2, 0.25) is 5.91 Å². The monoisotopic (exact) mass is 379 g/mol. The van der Waals surface area contributed by atoms with Gasteiger partial charge in [-0.1, -0.05) is 66.7 Å². The lowest BCUT2D eigenvalue weighted by atomic mass is 9.88. The predicted molar refractivity (Wildman–Crippen MR) is 108 cm³/mol. The fourth-order valence-corrected chi connectivity index (χ4v) is 3.67. The first-order chi connectivity index (χ1) is 12.9. The number of amides is 1. The molecular formula is C22H21NO3S. The number of carbonyl (C=O) groups is 1. The molecule has 0 aliphatic heterocycles. The van der Waals surface area contributed by atoms with Gasteiger partial charge in [-0.15, -0.1) is 0 Å². The average molecular weight is 379 g/mol. The number of carbonyl (C=O) groups excluding carboxylic acids is 1. The molecule has 3 aromatic carbocycles. The molecule has 0 atom stereocenters. The highest BCUT2D eigenvalue weighted by Crippen LogP contribution is 2.28. The summed E-state index contributed by atoms with van der Waals surface area (Å²) in [5.74, 6) is -0.246. The van der Waals surface area contributed by atoms with Crippen LogP contribution < -0.4 is 5.32 Å². The molecule has 0 aliphatic carbocycles. The first-order valence-electron chi connectivity index (χ1n) is 8.63. The van der Waals surface area contributed by atoms with E-state index in [2.05, 4.69) is 5.32 Å². The van der Waals surface area contributed by atoms with Crippen LogP contribution in [-0.2, 0) is 14.6 Å². The van der Waals surface area contributed by atoms with Crippen molar-refractivity contribution >= 4 is 21.4 Å². The van der Waals surface area contributed by atoms with E-state index in [1.165, 1.54) is 12.1 Å². The van der Waals surface area contributed by atoms with Crippen LogP contribution in [0.2, 0.25) is 0 Å². The zero-order chi connectivity index (χ0) is 19.3. The Hall–Kier alpha value is -2.92. The minimum atomic E-state index is -3.32. The summed E-state index contributed by atoms with van der Waals surface area (Å²) >= 11 is 0. The molecule has 3 aromatic rings. The smallest absolute Gasteiger partial charge is 0.225 e. The molecule has 0 aromatic heterocycles. The Morgan fingerprint density at radius 2 is 1.41 bits per heavy atom. The van der Waals surface area contributed by atoms with Crippen molar-refractivity contribution in [3.63, 3.8) is 0 Å². The van der Waals surface area contributed by atoms with E-state index in [1.807, 2.05) is 60.7 Å². The quantitative estimate of drug-likeness (QED) is 0.696. The van der Waals surface area contributed by atoms with Crippen molar-refractivity contribution in [2.24, 2.45) is 0 Å². The van der Waals surface area contributed by atoms with Crippen molar-refractivity contribution in [2.75, 3.05) is 11.6 Å². The Balaban J connectivity index is 1.82. The largest absolute Gasteiger partial charge is 0.326 e. The van der Waals surface area contributed by atoms with Gasteiger partial charge < -0.3 is 5.32 Å². The standard InChI is InChI=1S/C22H21NO3S/c1-27(25,26)20-14-8-13-19(15-20)23-22(24)16-21(17-9-4-2-5-10-17)18-11-6-3-7-12-18/h2-15,21H,16H2,1H3,(H,23,24). The summed E-state index contributed by atoms with van der Waals surface area (Å²) in [5, 5.41) is 2.82. The molecule has 0 spiro atoms. The summed E-state index contributed by atoms with van der Waals surface area (Å²) in [4.78, 5) is 12.9. The minimum absolute atomic E-state index is 0.0782. The molecule has 4 nitrogen and oxygen atoms in total. The Morgan fingerprint density at radius 3 is 1.93 bits per heavy atom. The van der Waals surface area contributed by atoms with Gasteiger partial charge in [0.25, 0.3) is 0 Å². The molecule has 1 N–H and O–H groups in total. The van der Waals surface area contributed by atoms with E-state index < -0.39 is 9.84 Å². The van der Waals surface area contributed by atoms with Crippen LogP contribution in [0.3, 0.4) is 0 Å². The lowest BCUT2D eigenvalue weighted by Gasteiger charge is -2.18. The molecule has 0 fully saturated rings. The highest BCUT2D eigenvalue weighted by atomic mass is 32.2. The highest BCUT2D eigenvalue weighted by Gasteiger charge is 2.18. The van der Waals surface area contributed by atoms with Gasteiger partial charge in [0.1, 0.15) is 0 Å². The molecule has 1 amide bonds. The van der Waals surface area contributed by atoms with Gasteiger partial charge in [0, 0.05) is 24.3 Å². The third-order valence-corrected chi connectivity index (χ3v) is 5.45. The van der Waals surface area contributed by atoms with Crippen LogP contribution in [0, 0.1) is 0 Å². The summed E-state index contributed by atoms with van der Waals surface area (Å²) in [5.41, 5.74) is 2.59. The molecule has 0 radical (unpaired) electrons. The molecule has 0 saturated heterocycles. The maximum Gasteiger partial charge on any atom is 0.225 e. The number of benzene rings is 3. The number of hydrogen-bond donors (Lipinski definition) is 1. The van der Waals surface area contributed by atoms with Crippen molar-refractivity contribution in [2.45, 2.75) is 17.2 Å². The van der Waals surface area contributed by atoms with Gasteiger partial charge in [-0.05, 0) is 29.3 Å². The van der Waals surface area contributed by atoms with Crippen molar-refractivity contribution in [1.82, 2.24) is 0 Å². The second kappa shape index (κ2) is 8.18. The SMILES string of the molecule is CS(=O)(=O)c1cccc(NC(=O)CC(c2ccccc2)c2ccccc2)c1. The van der Waals surface area contributed by atoms with Crippen molar-refractivity contribution < 1.29 is 13.2 Å². The summed E-state index contributed by atoms with van der Waals surface area (Å²) in [6, 6.07) is 26.1. The van der Waals surface area contributed by atoms with Gasteiger partial charge in [-0.2, -0.15) is 0 Å². The van der Waals surface area contributed by atoms with E-state index in [0.717, 1.165) is 17.4 Å². The van der Waals surface area contributed by atoms with Crippen LogP contribution >= 0.6 is 0 Å². The zero-order valence-corrected chi connectivity index (χ0v) is 15.8. The van der Waals surface area contributed by atoms with Gasteiger partial charge in [0.05, 0.1) is 4.90 Å². The first-order valence-corrected chi connectivity index (χ1v) is 10.5. The minimum Gasteiger partial charge on any atom is -0.326 e. The highest BCUT2D eigenvalue weighted by molar-refractivity contribution is 7.90. The van der Waals surface area contributed by atoms with E-state index in [0.29, 0.717) is 5.69 Å². The van der Waals surface area contributed by atoms with Crippen molar-refractivity contribution in [1.29, 1.82) is 0 Å². The van der Waals surface area contributed by atoms with E-state index in [-0.39, 0.29) is 23.1 Å². The van der Waals surface area contributed by atoms with E-state index in [9.17, 15) is 13.2 Å².